The van der Waals surface area contributed by atoms with Crippen molar-refractivity contribution >= 4 is 33.0 Å². The minimum atomic E-state index is -0.647. The van der Waals surface area contributed by atoms with Crippen molar-refractivity contribution in [2.45, 2.75) is 5.41 Å². The molecular weight excluding hydrogens is 937 g/mol. The fraction of sp³-hybridized carbons (Fsp3) is 0.0141. The van der Waals surface area contributed by atoms with Gasteiger partial charge in [-0.3, -0.25) is 9.13 Å². The van der Waals surface area contributed by atoms with E-state index in [1.54, 1.807) is 0 Å². The van der Waals surface area contributed by atoms with E-state index in [0.29, 0.717) is 5.82 Å². The number of rotatable bonds is 7. The molecule has 16 rings (SSSR count). The van der Waals surface area contributed by atoms with E-state index in [-0.39, 0.29) is 0 Å². The summed E-state index contributed by atoms with van der Waals surface area (Å²) < 4.78 is 4.59. The average molecular weight is 981 g/mol. The third-order valence-electron chi connectivity index (χ3n) is 15.9. The van der Waals surface area contributed by atoms with E-state index in [1.807, 2.05) is 0 Å². The second kappa shape index (κ2) is 16.9. The maximum atomic E-state index is 5.47. The van der Waals surface area contributed by atoms with Crippen molar-refractivity contribution in [2.75, 3.05) is 0 Å². The molecule has 0 amide bonds. The normalized spacial score (nSPS) is 14.0. The van der Waals surface area contributed by atoms with E-state index in [0.717, 1.165) is 101 Å². The SMILES string of the molecule is c1ccc(-c2nc(-c3cccc4c3-c3ccccc3C43c4ccccc4-c4c(-c5cc(-c6nc7ccccc7n6-c6ccccc6)cc(-c6nc7ccccc7n6-c6ccccc6)c5)cccc43)nc3ccccc23)cc1. The fourth-order valence-electron chi connectivity index (χ4n) is 12.8. The highest BCUT2D eigenvalue weighted by Crippen LogP contribution is 2.65. The van der Waals surface area contributed by atoms with Gasteiger partial charge in [0.2, 0.25) is 0 Å². The second-order valence-corrected chi connectivity index (χ2v) is 20.1. The smallest absolute Gasteiger partial charge is 0.161 e. The molecule has 0 saturated carbocycles. The molecule has 0 radical (unpaired) electrons. The first-order valence-corrected chi connectivity index (χ1v) is 26.2. The van der Waals surface area contributed by atoms with Crippen molar-refractivity contribution in [3.63, 3.8) is 0 Å². The maximum Gasteiger partial charge on any atom is 0.161 e. The molecule has 2 aliphatic carbocycles. The summed E-state index contributed by atoms with van der Waals surface area (Å²) in [4.78, 5) is 21.8. The van der Waals surface area contributed by atoms with Gasteiger partial charge in [0.25, 0.3) is 0 Å². The van der Waals surface area contributed by atoms with Crippen molar-refractivity contribution < 1.29 is 0 Å². The van der Waals surface area contributed by atoms with Crippen LogP contribution in [-0.4, -0.2) is 29.1 Å². The summed E-state index contributed by atoms with van der Waals surface area (Å²) in [5.74, 6) is 2.41. The Hall–Kier alpha value is -10.3. The van der Waals surface area contributed by atoms with Gasteiger partial charge in [0.1, 0.15) is 11.6 Å². The van der Waals surface area contributed by atoms with Crippen LogP contribution in [-0.2, 0) is 5.41 Å². The minimum Gasteiger partial charge on any atom is -0.292 e. The molecule has 1 spiro atoms. The molecule has 0 saturated heterocycles. The largest absolute Gasteiger partial charge is 0.292 e. The number of benzene rings is 11. The topological polar surface area (TPSA) is 61.4 Å². The Labute approximate surface area is 444 Å². The van der Waals surface area contributed by atoms with Gasteiger partial charge in [0, 0.05) is 39.0 Å². The maximum absolute atomic E-state index is 5.47. The molecule has 3 heterocycles. The van der Waals surface area contributed by atoms with E-state index in [4.69, 9.17) is 19.9 Å². The van der Waals surface area contributed by atoms with E-state index in [9.17, 15) is 0 Å². The molecule has 0 aliphatic heterocycles. The Kier molecular flexibility index (Phi) is 9.45. The van der Waals surface area contributed by atoms with Crippen LogP contribution in [0.1, 0.15) is 22.3 Å². The first kappa shape index (κ1) is 43.1. The number of fused-ring (bicyclic) bond motifs is 13. The summed E-state index contributed by atoms with van der Waals surface area (Å²) in [5.41, 5.74) is 23.2. The minimum absolute atomic E-state index is 0.647. The summed E-state index contributed by atoms with van der Waals surface area (Å²) in [6.45, 7) is 0. The van der Waals surface area contributed by atoms with Crippen LogP contribution in [0.25, 0.3) is 123 Å². The number of aromatic nitrogens is 6. The van der Waals surface area contributed by atoms with Crippen LogP contribution in [0.5, 0.6) is 0 Å². The average Bonchev–Trinajstić information content (AvgIpc) is 3.68. The van der Waals surface area contributed by atoms with Crippen molar-refractivity contribution in [2.24, 2.45) is 0 Å². The summed E-state index contributed by atoms with van der Waals surface area (Å²) in [5, 5.41) is 1.03. The number of para-hydroxylation sites is 7. The predicted molar refractivity (Wildman–Crippen MR) is 312 cm³/mol. The number of imidazole rings is 2. The predicted octanol–water partition coefficient (Wildman–Crippen LogP) is 17.0. The van der Waals surface area contributed by atoms with Gasteiger partial charge < -0.3 is 0 Å². The first-order valence-electron chi connectivity index (χ1n) is 26.2. The lowest BCUT2D eigenvalue weighted by Gasteiger charge is -2.30. The molecule has 1 unspecified atom stereocenters. The van der Waals surface area contributed by atoms with Gasteiger partial charge >= 0.3 is 0 Å². The number of nitrogens with zero attached hydrogens (tertiary/aromatic N) is 6. The lowest BCUT2D eigenvalue weighted by atomic mass is 9.70. The van der Waals surface area contributed by atoms with Crippen LogP contribution in [0.4, 0.5) is 0 Å². The van der Waals surface area contributed by atoms with E-state index in [1.165, 1.54) is 38.9 Å². The van der Waals surface area contributed by atoms with Crippen LogP contribution in [0.15, 0.2) is 267 Å². The molecule has 0 bridgehead atoms. The highest BCUT2D eigenvalue weighted by molar-refractivity contribution is 6.04. The van der Waals surface area contributed by atoms with Crippen LogP contribution >= 0.6 is 0 Å². The third-order valence-corrected chi connectivity index (χ3v) is 15.9. The molecule has 6 nitrogen and oxygen atoms in total. The zero-order valence-corrected chi connectivity index (χ0v) is 41.6. The Morgan fingerprint density at radius 2 is 0.714 bits per heavy atom. The lowest BCUT2D eigenvalue weighted by molar-refractivity contribution is 0.794. The van der Waals surface area contributed by atoms with Crippen LogP contribution < -0.4 is 0 Å². The highest BCUT2D eigenvalue weighted by atomic mass is 15.1. The number of hydrogen-bond donors (Lipinski definition) is 0. The molecule has 11 aromatic carbocycles. The Bertz CT molecular complexity index is 4550. The van der Waals surface area contributed by atoms with Gasteiger partial charge in [0.15, 0.2) is 5.82 Å². The molecule has 0 N–H and O–H groups in total. The molecule has 3 aromatic heterocycles. The fourth-order valence-corrected chi connectivity index (χ4v) is 12.8. The van der Waals surface area contributed by atoms with Crippen molar-refractivity contribution in [3.05, 3.63) is 289 Å². The molecule has 6 heteroatoms. The van der Waals surface area contributed by atoms with E-state index >= 15 is 0 Å². The molecule has 77 heavy (non-hydrogen) atoms. The zero-order chi connectivity index (χ0) is 50.6. The quantitative estimate of drug-likeness (QED) is 0.160. The Balaban J connectivity index is 0.969. The second-order valence-electron chi connectivity index (χ2n) is 20.1. The van der Waals surface area contributed by atoms with Gasteiger partial charge in [-0.2, -0.15) is 0 Å². The van der Waals surface area contributed by atoms with Crippen molar-refractivity contribution in [1.29, 1.82) is 0 Å². The van der Waals surface area contributed by atoms with E-state index < -0.39 is 5.41 Å². The highest BCUT2D eigenvalue weighted by Gasteiger charge is 2.53. The van der Waals surface area contributed by atoms with Crippen molar-refractivity contribution in [1.82, 2.24) is 29.1 Å². The molecule has 1 atom stereocenters. The summed E-state index contributed by atoms with van der Waals surface area (Å²) in [6.07, 6.45) is 0. The standard InChI is InChI=1S/C71H44N6/c1-4-22-45(23-5-1)67-54-30-12-15-37-60(54)72-68(75-67)55-32-21-36-59-66(55)53-29-11-14-34-57(53)71(59)56-33-13-10-28-52(56)65-51(31-20-35-58(65)71)46-42-47(69-73-61-38-16-18-40-63(61)76(69)49-24-6-2-7-25-49)44-48(43-46)70-74-62-39-17-19-41-64(62)77(70)50-26-8-3-9-27-50/h1-44H. The molecule has 358 valence electrons. The van der Waals surface area contributed by atoms with Gasteiger partial charge in [0.05, 0.1) is 38.7 Å². The van der Waals surface area contributed by atoms with Gasteiger partial charge in [-0.15, -0.1) is 0 Å². The molecule has 0 fully saturated rings. The number of hydrogen-bond acceptors (Lipinski definition) is 4. The van der Waals surface area contributed by atoms with Crippen LogP contribution in [0.3, 0.4) is 0 Å². The molecular formula is C71H44N6. The van der Waals surface area contributed by atoms with Gasteiger partial charge in [-0.25, -0.2) is 19.9 Å². The molecule has 2 aliphatic rings. The first-order chi connectivity index (χ1) is 38.2. The zero-order valence-electron chi connectivity index (χ0n) is 41.6. The van der Waals surface area contributed by atoms with E-state index in [2.05, 4.69) is 276 Å². The van der Waals surface area contributed by atoms with Gasteiger partial charge in [-0.1, -0.05) is 194 Å². The monoisotopic (exact) mass is 980 g/mol. The van der Waals surface area contributed by atoms with Crippen LogP contribution in [0.2, 0.25) is 0 Å². The Morgan fingerprint density at radius 3 is 1.30 bits per heavy atom. The van der Waals surface area contributed by atoms with Gasteiger partial charge in [-0.05, 0) is 128 Å². The summed E-state index contributed by atoms with van der Waals surface area (Å²) >= 11 is 0. The summed E-state index contributed by atoms with van der Waals surface area (Å²) in [7, 11) is 0. The third kappa shape index (κ3) is 6.36. The van der Waals surface area contributed by atoms with Crippen LogP contribution in [0, 0.1) is 0 Å². The molecule has 14 aromatic rings. The Morgan fingerprint density at radius 1 is 0.286 bits per heavy atom. The van der Waals surface area contributed by atoms with Crippen molar-refractivity contribution in [3.8, 4) is 90.2 Å². The summed E-state index contributed by atoms with van der Waals surface area (Å²) in [6, 6.07) is 95.6. The lowest BCUT2D eigenvalue weighted by Crippen LogP contribution is -2.25.